The Balaban J connectivity index is 1.23. The van der Waals surface area contributed by atoms with Gasteiger partial charge in [-0.05, 0) is 60.0 Å². The minimum atomic E-state index is -0.201. The lowest BCUT2D eigenvalue weighted by molar-refractivity contribution is 0.0384. The highest BCUT2D eigenvalue weighted by atomic mass is 32.1. The topological polar surface area (TPSA) is 99.6 Å². The van der Waals surface area contributed by atoms with Crippen molar-refractivity contribution in [2.45, 2.75) is 13.0 Å². The Kier molecular flexibility index (Phi) is 8.17. The maximum Gasteiger partial charge on any atom is 0.265 e. The minimum absolute atomic E-state index is 0.0737. The van der Waals surface area contributed by atoms with Crippen LogP contribution in [-0.2, 0) is 17.8 Å². The number of benzene rings is 2. The van der Waals surface area contributed by atoms with Crippen LogP contribution in [0, 0.1) is 0 Å². The van der Waals surface area contributed by atoms with Crippen LogP contribution in [0.3, 0.4) is 0 Å². The van der Waals surface area contributed by atoms with Crippen LogP contribution in [0.15, 0.2) is 72.9 Å². The zero-order chi connectivity index (χ0) is 25.5. The van der Waals surface area contributed by atoms with Crippen LogP contribution >= 0.6 is 11.3 Å². The summed E-state index contributed by atoms with van der Waals surface area (Å²) in [5.74, 6) is 0.302. The highest BCUT2D eigenvalue weighted by Gasteiger charge is 2.13. The van der Waals surface area contributed by atoms with Gasteiger partial charge in [0.05, 0.1) is 35.3 Å². The number of aliphatic hydroxyl groups is 1. The molecule has 0 radical (unpaired) electrons. The van der Waals surface area contributed by atoms with E-state index in [1.807, 2.05) is 24.3 Å². The van der Waals surface area contributed by atoms with E-state index in [4.69, 9.17) is 4.74 Å². The predicted octanol–water partition coefficient (Wildman–Crippen LogP) is 4.57. The molecular weight excluding hydrogens is 486 g/mol. The molecule has 37 heavy (non-hydrogen) atoms. The third-order valence-corrected chi connectivity index (χ3v) is 7.22. The fourth-order valence-electron chi connectivity index (χ4n) is 4.14. The van der Waals surface area contributed by atoms with Crippen molar-refractivity contribution in [2.24, 2.45) is 0 Å². The van der Waals surface area contributed by atoms with Crippen molar-refractivity contribution in [3.05, 3.63) is 88.9 Å². The van der Waals surface area contributed by atoms with Gasteiger partial charge in [0.1, 0.15) is 0 Å². The number of hydrogen-bond donors (Lipinski definition) is 3. The summed E-state index contributed by atoms with van der Waals surface area (Å²) in [6.45, 7) is 4.53. The van der Waals surface area contributed by atoms with Crippen molar-refractivity contribution in [1.82, 2.24) is 14.9 Å². The maximum absolute atomic E-state index is 12.7. The first-order valence-corrected chi connectivity index (χ1v) is 13.1. The summed E-state index contributed by atoms with van der Waals surface area (Å²) in [5.41, 5.74) is 4.33. The number of ether oxygens (including phenoxy) is 1. The molecule has 3 heterocycles. The van der Waals surface area contributed by atoms with Crippen LogP contribution < -0.4 is 10.6 Å². The minimum Gasteiger partial charge on any atom is -0.392 e. The molecule has 8 nitrogen and oxygen atoms in total. The standard InChI is InChI=1S/C28H29N5O3S/c34-19-21-4-2-5-22(18-21)30-27(35)26-8-7-25(37-26)24-9-11-29-28(32-24)31-23-6-1-3-20(17-23)10-12-33-13-15-36-16-14-33/h1-9,11,17-18,34H,10,12-16,19H2,(H,30,35)(H,29,31,32). The molecule has 1 saturated heterocycles. The first-order chi connectivity index (χ1) is 18.2. The highest BCUT2D eigenvalue weighted by molar-refractivity contribution is 7.17. The summed E-state index contributed by atoms with van der Waals surface area (Å²) in [6.07, 6.45) is 2.69. The number of aliphatic hydroxyl groups excluding tert-OH is 1. The van der Waals surface area contributed by atoms with E-state index in [0.29, 0.717) is 16.5 Å². The number of nitrogens with zero attached hydrogens (tertiary/aromatic N) is 3. The van der Waals surface area contributed by atoms with Gasteiger partial charge in [0, 0.05) is 37.2 Å². The normalized spacial score (nSPS) is 13.9. The molecule has 1 fully saturated rings. The van der Waals surface area contributed by atoms with E-state index in [1.165, 1.54) is 16.9 Å². The molecule has 1 aliphatic heterocycles. The molecule has 1 amide bonds. The molecule has 9 heteroatoms. The number of carbonyl (C=O) groups is 1. The monoisotopic (exact) mass is 515 g/mol. The van der Waals surface area contributed by atoms with Crippen LogP contribution in [0.2, 0.25) is 0 Å². The van der Waals surface area contributed by atoms with Crippen molar-refractivity contribution >= 4 is 34.6 Å². The first-order valence-electron chi connectivity index (χ1n) is 12.3. The number of aromatic nitrogens is 2. The van der Waals surface area contributed by atoms with E-state index in [0.717, 1.165) is 61.1 Å². The number of thiophene rings is 1. The smallest absolute Gasteiger partial charge is 0.265 e. The number of anilines is 3. The SMILES string of the molecule is O=C(Nc1cccc(CO)c1)c1ccc(-c2ccnc(Nc3cccc(CCN4CCOCC4)c3)n2)s1. The summed E-state index contributed by atoms with van der Waals surface area (Å²) >= 11 is 1.37. The summed E-state index contributed by atoms with van der Waals surface area (Å²) in [4.78, 5) is 25.7. The van der Waals surface area contributed by atoms with Crippen LogP contribution in [0.25, 0.3) is 10.6 Å². The van der Waals surface area contributed by atoms with Crippen molar-refractivity contribution in [3.63, 3.8) is 0 Å². The van der Waals surface area contributed by atoms with E-state index in [-0.39, 0.29) is 12.5 Å². The van der Waals surface area contributed by atoms with Gasteiger partial charge in [-0.3, -0.25) is 9.69 Å². The molecule has 0 unspecified atom stereocenters. The average molecular weight is 516 g/mol. The summed E-state index contributed by atoms with van der Waals surface area (Å²) < 4.78 is 5.43. The fraction of sp³-hybridized carbons (Fsp3) is 0.250. The largest absolute Gasteiger partial charge is 0.392 e. The molecule has 2 aromatic heterocycles. The molecule has 0 spiro atoms. The fourth-order valence-corrected chi connectivity index (χ4v) is 5.01. The Bertz CT molecular complexity index is 1350. The van der Waals surface area contributed by atoms with Crippen LogP contribution in [0.1, 0.15) is 20.8 Å². The van der Waals surface area contributed by atoms with Crippen LogP contribution in [0.5, 0.6) is 0 Å². The lowest BCUT2D eigenvalue weighted by Gasteiger charge is -2.26. The van der Waals surface area contributed by atoms with Gasteiger partial charge in [-0.15, -0.1) is 11.3 Å². The molecular formula is C28H29N5O3S. The Morgan fingerprint density at radius 2 is 1.78 bits per heavy atom. The molecule has 3 N–H and O–H groups in total. The summed E-state index contributed by atoms with van der Waals surface area (Å²) in [5, 5.41) is 15.5. The molecule has 4 aromatic rings. The molecule has 0 aliphatic carbocycles. The van der Waals surface area contributed by atoms with Crippen molar-refractivity contribution in [2.75, 3.05) is 43.5 Å². The van der Waals surface area contributed by atoms with Crippen LogP contribution in [-0.4, -0.2) is 58.7 Å². The number of morpholine rings is 1. The van der Waals surface area contributed by atoms with E-state index in [1.54, 1.807) is 36.5 Å². The number of amides is 1. The number of rotatable bonds is 9. The number of carbonyl (C=O) groups excluding carboxylic acids is 1. The Morgan fingerprint density at radius 1 is 1.00 bits per heavy atom. The van der Waals surface area contributed by atoms with Crippen molar-refractivity contribution in [1.29, 1.82) is 0 Å². The summed E-state index contributed by atoms with van der Waals surface area (Å²) in [7, 11) is 0. The van der Waals surface area contributed by atoms with E-state index in [9.17, 15) is 9.90 Å². The number of nitrogens with one attached hydrogen (secondary N) is 2. The van der Waals surface area contributed by atoms with Gasteiger partial charge in [0.25, 0.3) is 5.91 Å². The molecule has 5 rings (SSSR count). The third-order valence-electron chi connectivity index (χ3n) is 6.11. The second kappa shape index (κ2) is 12.1. The van der Waals surface area contributed by atoms with Crippen LogP contribution in [0.4, 0.5) is 17.3 Å². The van der Waals surface area contributed by atoms with E-state index in [2.05, 4.69) is 37.6 Å². The zero-order valence-electron chi connectivity index (χ0n) is 20.4. The quantitative estimate of drug-likeness (QED) is 0.300. The van der Waals surface area contributed by atoms with Gasteiger partial charge in [0.2, 0.25) is 5.95 Å². The molecule has 0 bridgehead atoms. The maximum atomic E-state index is 12.7. The van der Waals surface area contributed by atoms with Crippen molar-refractivity contribution in [3.8, 4) is 10.6 Å². The number of hydrogen-bond acceptors (Lipinski definition) is 8. The van der Waals surface area contributed by atoms with Gasteiger partial charge in [-0.25, -0.2) is 9.97 Å². The molecule has 1 aliphatic rings. The van der Waals surface area contributed by atoms with Gasteiger partial charge in [0.15, 0.2) is 0 Å². The second-order valence-electron chi connectivity index (χ2n) is 8.77. The molecule has 2 aromatic carbocycles. The van der Waals surface area contributed by atoms with E-state index >= 15 is 0 Å². The van der Waals surface area contributed by atoms with Gasteiger partial charge < -0.3 is 20.5 Å². The Labute approximate surface area is 220 Å². The zero-order valence-corrected chi connectivity index (χ0v) is 21.2. The van der Waals surface area contributed by atoms with Gasteiger partial charge >= 0.3 is 0 Å². The molecule has 0 atom stereocenters. The third kappa shape index (κ3) is 6.78. The second-order valence-corrected chi connectivity index (χ2v) is 9.86. The van der Waals surface area contributed by atoms with E-state index < -0.39 is 0 Å². The first kappa shape index (κ1) is 25.0. The van der Waals surface area contributed by atoms with Gasteiger partial charge in [-0.2, -0.15) is 0 Å². The Morgan fingerprint density at radius 3 is 2.62 bits per heavy atom. The average Bonchev–Trinajstić information content (AvgIpc) is 3.44. The molecule has 0 saturated carbocycles. The Hall–Kier alpha value is -3.63. The summed E-state index contributed by atoms with van der Waals surface area (Å²) in [6, 6.07) is 21.0. The highest BCUT2D eigenvalue weighted by Crippen LogP contribution is 2.28. The lowest BCUT2D eigenvalue weighted by Crippen LogP contribution is -2.37. The van der Waals surface area contributed by atoms with Gasteiger partial charge in [-0.1, -0.05) is 24.3 Å². The van der Waals surface area contributed by atoms with Crippen molar-refractivity contribution < 1.29 is 14.6 Å². The predicted molar refractivity (Wildman–Crippen MR) is 146 cm³/mol. The lowest BCUT2D eigenvalue weighted by atomic mass is 10.1. The molecule has 190 valence electrons.